The van der Waals surface area contributed by atoms with Gasteiger partial charge in [-0.25, -0.2) is 0 Å². The summed E-state index contributed by atoms with van der Waals surface area (Å²) >= 11 is 0. The van der Waals surface area contributed by atoms with Gasteiger partial charge in [-0.3, -0.25) is 0 Å². The van der Waals surface area contributed by atoms with E-state index in [4.69, 9.17) is 4.74 Å². The summed E-state index contributed by atoms with van der Waals surface area (Å²) in [5.74, 6) is 0.627. The highest BCUT2D eigenvalue weighted by atomic mass is 16.5. The van der Waals surface area contributed by atoms with E-state index < -0.39 is 0 Å². The summed E-state index contributed by atoms with van der Waals surface area (Å²) in [5, 5.41) is 3.78. The van der Waals surface area contributed by atoms with Gasteiger partial charge in [-0.1, -0.05) is 52.0 Å². The predicted molar refractivity (Wildman–Crippen MR) is 89.6 cm³/mol. The molecule has 0 saturated heterocycles. The number of rotatable bonds is 7. The molecule has 0 aliphatic heterocycles. The van der Waals surface area contributed by atoms with Crippen LogP contribution in [0.2, 0.25) is 0 Å². The van der Waals surface area contributed by atoms with Crippen molar-refractivity contribution >= 4 is 0 Å². The highest BCUT2D eigenvalue weighted by molar-refractivity contribution is 5.34. The van der Waals surface area contributed by atoms with E-state index in [1.807, 2.05) is 0 Å². The molecule has 2 rings (SSSR count). The molecule has 0 heterocycles. The van der Waals surface area contributed by atoms with Crippen molar-refractivity contribution in [2.24, 2.45) is 11.3 Å². The summed E-state index contributed by atoms with van der Waals surface area (Å²) < 4.78 is 5.67. The van der Waals surface area contributed by atoms with Crippen LogP contribution in [0.1, 0.15) is 57.7 Å². The first-order valence-corrected chi connectivity index (χ1v) is 8.39. The first kappa shape index (κ1) is 16.5. The van der Waals surface area contributed by atoms with Crippen molar-refractivity contribution in [1.29, 1.82) is 0 Å². The highest BCUT2D eigenvalue weighted by Gasteiger charge is 2.34. The van der Waals surface area contributed by atoms with E-state index >= 15 is 0 Å². The summed E-state index contributed by atoms with van der Waals surface area (Å²) in [6.45, 7) is 11.9. The van der Waals surface area contributed by atoms with Gasteiger partial charge in [0.05, 0.1) is 0 Å². The van der Waals surface area contributed by atoms with Crippen LogP contribution < -0.4 is 5.32 Å². The predicted octanol–water partition coefficient (Wildman–Crippen LogP) is 4.35. The lowest BCUT2D eigenvalue weighted by Crippen LogP contribution is -2.38. The molecule has 1 aliphatic rings. The molecule has 1 unspecified atom stereocenters. The highest BCUT2D eigenvalue weighted by Crippen LogP contribution is 2.43. The second-order valence-corrected chi connectivity index (χ2v) is 7.40. The zero-order valence-corrected chi connectivity index (χ0v) is 14.1. The number of ether oxygens (including phenoxy) is 1. The molecule has 2 heteroatoms. The van der Waals surface area contributed by atoms with Gasteiger partial charge in [0.2, 0.25) is 0 Å². The molecule has 118 valence electrons. The van der Waals surface area contributed by atoms with Crippen molar-refractivity contribution in [2.75, 3.05) is 19.8 Å². The lowest BCUT2D eigenvalue weighted by atomic mass is 9.70. The molecule has 1 aromatic carbocycles. The van der Waals surface area contributed by atoms with Crippen LogP contribution in [0, 0.1) is 11.3 Å². The van der Waals surface area contributed by atoms with E-state index in [1.165, 1.54) is 24.0 Å². The average Bonchev–Trinajstić information content (AvgIpc) is 2.44. The number of nitrogens with one attached hydrogen (secondary N) is 1. The van der Waals surface area contributed by atoms with E-state index in [9.17, 15) is 0 Å². The van der Waals surface area contributed by atoms with Crippen molar-refractivity contribution in [3.05, 3.63) is 35.4 Å². The van der Waals surface area contributed by atoms with Gasteiger partial charge in [-0.05, 0) is 48.3 Å². The molecule has 2 nitrogen and oxygen atoms in total. The standard InChI is InChI=1S/C19H31NO/c1-15(2)14-21-13-7-12-20-18-17-9-6-5-8-16(17)10-11-19(18,3)4/h5-6,8-9,15,18,20H,7,10-14H2,1-4H3. The van der Waals surface area contributed by atoms with Crippen LogP contribution in [-0.2, 0) is 11.2 Å². The van der Waals surface area contributed by atoms with Gasteiger partial charge in [0.15, 0.2) is 0 Å². The summed E-state index contributed by atoms with van der Waals surface area (Å²) in [6.07, 6.45) is 3.55. The molecule has 0 saturated carbocycles. The van der Waals surface area contributed by atoms with E-state index in [2.05, 4.69) is 57.3 Å². The number of fused-ring (bicyclic) bond motifs is 1. The van der Waals surface area contributed by atoms with Crippen molar-refractivity contribution in [2.45, 2.75) is 53.0 Å². The van der Waals surface area contributed by atoms with Gasteiger partial charge in [-0.2, -0.15) is 0 Å². The van der Waals surface area contributed by atoms with Gasteiger partial charge in [0, 0.05) is 19.3 Å². The van der Waals surface area contributed by atoms with E-state index in [1.54, 1.807) is 0 Å². The lowest BCUT2D eigenvalue weighted by molar-refractivity contribution is 0.105. The summed E-state index contributed by atoms with van der Waals surface area (Å²) in [6, 6.07) is 9.37. The molecular weight excluding hydrogens is 258 g/mol. The third-order valence-electron chi connectivity index (χ3n) is 4.45. The number of hydrogen-bond acceptors (Lipinski definition) is 2. The average molecular weight is 289 g/mol. The molecular formula is C19H31NO. The van der Waals surface area contributed by atoms with E-state index in [-0.39, 0.29) is 0 Å². The Morgan fingerprint density at radius 3 is 2.81 bits per heavy atom. The van der Waals surface area contributed by atoms with Gasteiger partial charge in [0.25, 0.3) is 0 Å². The second kappa shape index (κ2) is 7.42. The fraction of sp³-hybridized carbons (Fsp3) is 0.684. The molecule has 0 radical (unpaired) electrons. The lowest BCUT2D eigenvalue weighted by Gasteiger charge is -2.40. The smallest absolute Gasteiger partial charge is 0.0489 e. The zero-order valence-electron chi connectivity index (χ0n) is 14.1. The normalized spacial score (nSPS) is 20.5. The SMILES string of the molecule is CC(C)COCCCNC1c2ccccc2CCC1(C)C. The maximum absolute atomic E-state index is 5.67. The number of benzene rings is 1. The fourth-order valence-corrected chi connectivity index (χ4v) is 3.19. The number of hydrogen-bond donors (Lipinski definition) is 1. The maximum atomic E-state index is 5.67. The molecule has 0 bridgehead atoms. The second-order valence-electron chi connectivity index (χ2n) is 7.40. The Hall–Kier alpha value is -0.860. The van der Waals surface area contributed by atoms with Crippen molar-refractivity contribution in [3.63, 3.8) is 0 Å². The minimum absolute atomic E-state index is 0.327. The van der Waals surface area contributed by atoms with Crippen LogP contribution in [0.4, 0.5) is 0 Å². The Balaban J connectivity index is 1.86. The topological polar surface area (TPSA) is 21.3 Å². The Morgan fingerprint density at radius 1 is 1.29 bits per heavy atom. The fourth-order valence-electron chi connectivity index (χ4n) is 3.19. The van der Waals surface area contributed by atoms with Crippen molar-refractivity contribution < 1.29 is 4.74 Å². The van der Waals surface area contributed by atoms with Crippen LogP contribution in [-0.4, -0.2) is 19.8 Å². The minimum atomic E-state index is 0.327. The monoisotopic (exact) mass is 289 g/mol. The van der Waals surface area contributed by atoms with Crippen LogP contribution in [0.15, 0.2) is 24.3 Å². The quantitative estimate of drug-likeness (QED) is 0.753. The molecule has 1 aromatic rings. The maximum Gasteiger partial charge on any atom is 0.0489 e. The van der Waals surface area contributed by atoms with Gasteiger partial charge in [0.1, 0.15) is 0 Å². The zero-order chi connectivity index (χ0) is 15.3. The van der Waals surface area contributed by atoms with Gasteiger partial charge in [-0.15, -0.1) is 0 Å². The molecule has 1 N–H and O–H groups in total. The van der Waals surface area contributed by atoms with E-state index in [0.29, 0.717) is 17.4 Å². The Kier molecular flexibility index (Phi) is 5.83. The first-order chi connectivity index (χ1) is 10.0. The Bertz CT molecular complexity index is 439. The number of aryl methyl sites for hydroxylation is 1. The summed E-state index contributed by atoms with van der Waals surface area (Å²) in [5.41, 5.74) is 3.34. The van der Waals surface area contributed by atoms with Gasteiger partial charge >= 0.3 is 0 Å². The Morgan fingerprint density at radius 2 is 2.05 bits per heavy atom. The van der Waals surface area contributed by atoms with Gasteiger partial charge < -0.3 is 10.1 Å². The van der Waals surface area contributed by atoms with Crippen LogP contribution in [0.25, 0.3) is 0 Å². The molecule has 1 aliphatic carbocycles. The summed E-state index contributed by atoms with van der Waals surface area (Å²) in [7, 11) is 0. The van der Waals surface area contributed by atoms with Crippen LogP contribution in [0.5, 0.6) is 0 Å². The third-order valence-corrected chi connectivity index (χ3v) is 4.45. The van der Waals surface area contributed by atoms with Crippen molar-refractivity contribution in [3.8, 4) is 0 Å². The largest absolute Gasteiger partial charge is 0.381 e. The first-order valence-electron chi connectivity index (χ1n) is 8.39. The molecule has 0 spiro atoms. The van der Waals surface area contributed by atoms with E-state index in [0.717, 1.165) is 26.2 Å². The molecule has 21 heavy (non-hydrogen) atoms. The van der Waals surface area contributed by atoms with Crippen molar-refractivity contribution in [1.82, 2.24) is 5.32 Å². The molecule has 1 atom stereocenters. The third kappa shape index (κ3) is 4.55. The Labute approximate surface area is 130 Å². The molecule has 0 fully saturated rings. The molecule has 0 aromatic heterocycles. The minimum Gasteiger partial charge on any atom is -0.381 e. The van der Waals surface area contributed by atoms with Crippen LogP contribution >= 0.6 is 0 Å². The van der Waals surface area contributed by atoms with Crippen LogP contribution in [0.3, 0.4) is 0 Å². The summed E-state index contributed by atoms with van der Waals surface area (Å²) in [4.78, 5) is 0. The molecule has 0 amide bonds.